The summed E-state index contributed by atoms with van der Waals surface area (Å²) >= 11 is 0. The minimum atomic E-state index is -2.56. The molecule has 0 unspecified atom stereocenters. The molecule has 0 atom stereocenters. The van der Waals surface area contributed by atoms with Crippen molar-refractivity contribution in [2.45, 2.75) is 13.0 Å². The number of nitrogens with zero attached hydrogens (tertiary/aromatic N) is 2. The number of rotatable bonds is 3. The van der Waals surface area contributed by atoms with E-state index in [1.807, 2.05) is 0 Å². The van der Waals surface area contributed by atoms with Gasteiger partial charge in [0.05, 0.1) is 24.7 Å². The smallest absolute Gasteiger partial charge is 0.256 e. The van der Waals surface area contributed by atoms with Crippen LogP contribution in [0.2, 0.25) is 0 Å². The van der Waals surface area contributed by atoms with Gasteiger partial charge in [0.2, 0.25) is 5.95 Å². The maximum atomic E-state index is 13.4. The minimum absolute atomic E-state index is 0.0343. The average molecular weight is 245 g/mol. The van der Waals surface area contributed by atoms with E-state index in [0.717, 1.165) is 10.6 Å². The third-order valence-electron chi connectivity index (χ3n) is 2.37. The number of anilines is 1. The normalized spacial score (nSPS) is 11.4. The van der Waals surface area contributed by atoms with Crippen LogP contribution in [-0.4, -0.2) is 23.1 Å². The molecule has 0 saturated heterocycles. The first kappa shape index (κ1) is 11.6. The first-order valence-electron chi connectivity index (χ1n) is 4.80. The Balaban J connectivity index is 2.63. The van der Waals surface area contributed by atoms with Gasteiger partial charge in [0, 0.05) is 12.1 Å². The molecule has 2 N–H and O–H groups in total. The number of aromatic nitrogens is 2. The third-order valence-corrected chi connectivity index (χ3v) is 2.37. The van der Waals surface area contributed by atoms with E-state index in [4.69, 9.17) is 10.5 Å². The molecular weight excluding hydrogens is 235 g/mol. The molecule has 0 fully saturated rings. The summed E-state index contributed by atoms with van der Waals surface area (Å²) in [4.78, 5) is 3.81. The lowest BCUT2D eigenvalue weighted by Crippen LogP contribution is -2.09. The van der Waals surface area contributed by atoms with Gasteiger partial charge in [0.25, 0.3) is 6.43 Å². The zero-order chi connectivity index (χ0) is 12.6. The van der Waals surface area contributed by atoms with Gasteiger partial charge in [-0.05, 0) is 0 Å². The number of nitrogen functional groups attached to an aromatic ring is 1. The Hall–Kier alpha value is -1.92. The summed E-state index contributed by atoms with van der Waals surface area (Å²) in [7, 11) is 1.29. The van der Waals surface area contributed by atoms with Gasteiger partial charge in [-0.1, -0.05) is 0 Å². The highest BCUT2D eigenvalue weighted by atomic mass is 19.3. The van der Waals surface area contributed by atoms with Crippen molar-refractivity contribution in [3.8, 4) is 5.75 Å². The topological polar surface area (TPSA) is 53.1 Å². The number of nitrogens with two attached hydrogens (primary N) is 1. The lowest BCUT2D eigenvalue weighted by atomic mass is 10.3. The van der Waals surface area contributed by atoms with Crippen LogP contribution in [0.15, 0.2) is 12.1 Å². The number of methoxy groups -OCH3 is 1. The fourth-order valence-electron chi connectivity index (χ4n) is 1.63. The van der Waals surface area contributed by atoms with Crippen LogP contribution in [0.1, 0.15) is 0 Å². The van der Waals surface area contributed by atoms with Crippen molar-refractivity contribution in [3.63, 3.8) is 0 Å². The third kappa shape index (κ3) is 2.00. The first-order chi connectivity index (χ1) is 8.02. The minimum Gasteiger partial charge on any atom is -0.494 e. The lowest BCUT2D eigenvalue weighted by molar-refractivity contribution is 0.128. The van der Waals surface area contributed by atoms with E-state index in [-0.39, 0.29) is 17.2 Å². The molecule has 4 nitrogen and oxygen atoms in total. The lowest BCUT2D eigenvalue weighted by Gasteiger charge is -2.06. The molecule has 0 saturated carbocycles. The van der Waals surface area contributed by atoms with E-state index in [1.165, 1.54) is 13.2 Å². The van der Waals surface area contributed by atoms with Crippen molar-refractivity contribution in [2.75, 3.05) is 12.8 Å². The van der Waals surface area contributed by atoms with Gasteiger partial charge in [-0.25, -0.2) is 18.2 Å². The highest BCUT2D eigenvalue weighted by Gasteiger charge is 2.15. The van der Waals surface area contributed by atoms with Gasteiger partial charge in [0.15, 0.2) is 11.6 Å². The number of imidazole rings is 1. The molecule has 0 aliphatic carbocycles. The van der Waals surface area contributed by atoms with Crippen molar-refractivity contribution in [2.24, 2.45) is 0 Å². The molecule has 1 aromatic carbocycles. The van der Waals surface area contributed by atoms with Crippen molar-refractivity contribution in [3.05, 3.63) is 17.9 Å². The molecule has 2 aromatic rings. The van der Waals surface area contributed by atoms with Crippen LogP contribution < -0.4 is 10.5 Å². The molecule has 7 heteroatoms. The van der Waals surface area contributed by atoms with E-state index in [1.54, 1.807) is 0 Å². The number of alkyl halides is 2. The molecular formula is C10H10F3N3O. The van der Waals surface area contributed by atoms with Crippen LogP contribution in [0.5, 0.6) is 5.75 Å². The van der Waals surface area contributed by atoms with Crippen LogP contribution >= 0.6 is 0 Å². The molecule has 1 heterocycles. The quantitative estimate of drug-likeness (QED) is 0.900. The van der Waals surface area contributed by atoms with Crippen molar-refractivity contribution in [1.29, 1.82) is 0 Å². The summed E-state index contributed by atoms with van der Waals surface area (Å²) in [6.45, 7) is -0.586. The maximum absolute atomic E-state index is 13.4. The van der Waals surface area contributed by atoms with E-state index in [2.05, 4.69) is 4.98 Å². The molecule has 2 rings (SSSR count). The average Bonchev–Trinajstić information content (AvgIpc) is 2.53. The Kier molecular flexibility index (Phi) is 2.83. The van der Waals surface area contributed by atoms with Gasteiger partial charge in [-0.15, -0.1) is 0 Å². The summed E-state index contributed by atoms with van der Waals surface area (Å²) in [5, 5.41) is 0. The molecule has 17 heavy (non-hydrogen) atoms. The molecule has 92 valence electrons. The van der Waals surface area contributed by atoms with Crippen molar-refractivity contribution in [1.82, 2.24) is 9.55 Å². The number of hydrogen-bond donors (Lipinski definition) is 1. The standard InChI is InChI=1S/C10H10F3N3O/c1-17-8-3-7-6(2-5(8)11)15-10(14)16(7)4-9(12)13/h2-3,9H,4H2,1H3,(H2,14,15). The molecule has 0 spiro atoms. The Bertz CT molecular complexity index is 553. The summed E-state index contributed by atoms with van der Waals surface area (Å²) in [5.41, 5.74) is 6.04. The van der Waals surface area contributed by atoms with Crippen LogP contribution in [0, 0.1) is 5.82 Å². The van der Waals surface area contributed by atoms with Gasteiger partial charge < -0.3 is 15.0 Å². The van der Waals surface area contributed by atoms with Crippen molar-refractivity contribution >= 4 is 17.0 Å². The number of benzene rings is 1. The van der Waals surface area contributed by atoms with E-state index in [0.29, 0.717) is 5.52 Å². The van der Waals surface area contributed by atoms with E-state index >= 15 is 0 Å². The van der Waals surface area contributed by atoms with Crippen LogP contribution in [-0.2, 0) is 6.54 Å². The first-order valence-corrected chi connectivity index (χ1v) is 4.80. The second-order valence-corrected chi connectivity index (χ2v) is 3.45. The van der Waals surface area contributed by atoms with Crippen molar-refractivity contribution < 1.29 is 17.9 Å². The largest absolute Gasteiger partial charge is 0.494 e. The number of halogens is 3. The molecule has 0 amide bonds. The Morgan fingerprint density at radius 2 is 2.18 bits per heavy atom. The zero-order valence-corrected chi connectivity index (χ0v) is 8.95. The number of ether oxygens (including phenoxy) is 1. The summed E-state index contributed by atoms with van der Waals surface area (Å²) in [6.07, 6.45) is -2.56. The van der Waals surface area contributed by atoms with Crippen LogP contribution in [0.25, 0.3) is 11.0 Å². The number of fused-ring (bicyclic) bond motifs is 1. The fraction of sp³-hybridized carbons (Fsp3) is 0.300. The van der Waals surface area contributed by atoms with E-state index < -0.39 is 18.8 Å². The summed E-state index contributed by atoms with van der Waals surface area (Å²) in [6, 6.07) is 2.41. The maximum Gasteiger partial charge on any atom is 0.256 e. The molecule has 0 aliphatic rings. The predicted octanol–water partition coefficient (Wildman–Crippen LogP) is 2.03. The molecule has 1 aromatic heterocycles. The molecule has 0 aliphatic heterocycles. The van der Waals surface area contributed by atoms with E-state index in [9.17, 15) is 13.2 Å². The molecule has 0 bridgehead atoms. The summed E-state index contributed by atoms with van der Waals surface area (Å²) < 4.78 is 44.0. The summed E-state index contributed by atoms with van der Waals surface area (Å²) in [5.74, 6) is -0.720. The highest BCUT2D eigenvalue weighted by Crippen LogP contribution is 2.26. The predicted molar refractivity (Wildman–Crippen MR) is 56.7 cm³/mol. The van der Waals surface area contributed by atoms with Crippen LogP contribution in [0.3, 0.4) is 0 Å². The number of hydrogen-bond acceptors (Lipinski definition) is 3. The monoisotopic (exact) mass is 245 g/mol. The Morgan fingerprint density at radius 1 is 1.47 bits per heavy atom. The Morgan fingerprint density at radius 3 is 2.76 bits per heavy atom. The second-order valence-electron chi connectivity index (χ2n) is 3.45. The van der Waals surface area contributed by atoms with Gasteiger partial charge >= 0.3 is 0 Å². The van der Waals surface area contributed by atoms with Crippen LogP contribution in [0.4, 0.5) is 19.1 Å². The molecule has 0 radical (unpaired) electrons. The second kappa shape index (κ2) is 4.15. The van der Waals surface area contributed by atoms with Gasteiger partial charge in [-0.2, -0.15) is 0 Å². The zero-order valence-electron chi connectivity index (χ0n) is 8.95. The fourth-order valence-corrected chi connectivity index (χ4v) is 1.63. The highest BCUT2D eigenvalue weighted by molar-refractivity contribution is 5.80. The van der Waals surface area contributed by atoms with Gasteiger partial charge in [0.1, 0.15) is 0 Å². The van der Waals surface area contributed by atoms with Gasteiger partial charge in [-0.3, -0.25) is 0 Å². The SMILES string of the molecule is COc1cc2c(cc1F)nc(N)n2CC(F)F. The Labute approximate surface area is 94.8 Å².